The van der Waals surface area contributed by atoms with Gasteiger partial charge in [0.15, 0.2) is 0 Å². The monoisotopic (exact) mass is 213 g/mol. The van der Waals surface area contributed by atoms with E-state index in [1.165, 1.54) is 38.5 Å². The summed E-state index contributed by atoms with van der Waals surface area (Å²) in [6.07, 6.45) is 7.92. The van der Waals surface area contributed by atoms with Crippen LogP contribution in [0, 0.1) is 5.41 Å². The van der Waals surface area contributed by atoms with Crippen molar-refractivity contribution in [2.24, 2.45) is 5.41 Å². The second-order valence-electron chi connectivity index (χ2n) is 5.61. The molecule has 2 nitrogen and oxygen atoms in total. The first kappa shape index (κ1) is 13.0. The lowest BCUT2D eigenvalue weighted by Crippen LogP contribution is -2.37. The summed E-state index contributed by atoms with van der Waals surface area (Å²) < 4.78 is 5.04. The van der Waals surface area contributed by atoms with Crippen molar-refractivity contribution < 1.29 is 4.74 Å². The van der Waals surface area contributed by atoms with E-state index in [2.05, 4.69) is 19.2 Å². The van der Waals surface area contributed by atoms with E-state index in [4.69, 9.17) is 4.74 Å². The maximum absolute atomic E-state index is 5.04. The number of unbranched alkanes of at least 4 members (excludes halogenated alkanes) is 1. The van der Waals surface area contributed by atoms with E-state index < -0.39 is 0 Å². The zero-order chi connectivity index (χ0) is 11.1. The largest absolute Gasteiger partial charge is 0.385 e. The van der Waals surface area contributed by atoms with Gasteiger partial charge in [-0.05, 0) is 44.1 Å². The first-order chi connectivity index (χ1) is 7.14. The van der Waals surface area contributed by atoms with Gasteiger partial charge in [0.05, 0.1) is 0 Å². The third-order valence-corrected chi connectivity index (χ3v) is 3.41. The Balaban J connectivity index is 2.05. The van der Waals surface area contributed by atoms with Crippen LogP contribution in [0.4, 0.5) is 0 Å². The quantitative estimate of drug-likeness (QED) is 0.685. The molecular formula is C13H27NO. The van der Waals surface area contributed by atoms with Crippen LogP contribution in [-0.4, -0.2) is 26.3 Å². The van der Waals surface area contributed by atoms with Crippen LogP contribution in [0.1, 0.15) is 52.4 Å². The van der Waals surface area contributed by atoms with Gasteiger partial charge in [-0.25, -0.2) is 0 Å². The lowest BCUT2D eigenvalue weighted by atomic mass is 9.75. The third-order valence-electron chi connectivity index (χ3n) is 3.41. The van der Waals surface area contributed by atoms with Crippen LogP contribution in [-0.2, 0) is 4.74 Å². The summed E-state index contributed by atoms with van der Waals surface area (Å²) in [5, 5.41) is 3.68. The van der Waals surface area contributed by atoms with E-state index >= 15 is 0 Å². The predicted molar refractivity (Wildman–Crippen MR) is 65.1 cm³/mol. The van der Waals surface area contributed by atoms with Crippen LogP contribution in [0.5, 0.6) is 0 Å². The molecular weight excluding hydrogens is 186 g/mol. The average molecular weight is 213 g/mol. The van der Waals surface area contributed by atoms with E-state index in [-0.39, 0.29) is 0 Å². The molecule has 1 fully saturated rings. The Kier molecular flexibility index (Phi) is 5.62. The molecule has 1 saturated carbocycles. The maximum atomic E-state index is 5.04. The van der Waals surface area contributed by atoms with Crippen molar-refractivity contribution in [1.82, 2.24) is 5.32 Å². The predicted octanol–water partition coefficient (Wildman–Crippen LogP) is 2.97. The van der Waals surface area contributed by atoms with Crippen molar-refractivity contribution in [3.63, 3.8) is 0 Å². The van der Waals surface area contributed by atoms with Crippen LogP contribution in [0.3, 0.4) is 0 Å². The molecule has 1 unspecified atom stereocenters. The fraction of sp³-hybridized carbons (Fsp3) is 1.00. The molecule has 0 aromatic rings. The van der Waals surface area contributed by atoms with Crippen molar-refractivity contribution in [3.8, 4) is 0 Å². The van der Waals surface area contributed by atoms with E-state index in [0.29, 0.717) is 5.41 Å². The third kappa shape index (κ3) is 5.53. The van der Waals surface area contributed by atoms with Crippen LogP contribution in [0.15, 0.2) is 0 Å². The molecule has 1 N–H and O–H groups in total. The second-order valence-corrected chi connectivity index (χ2v) is 5.61. The minimum absolute atomic E-state index is 0.558. The summed E-state index contributed by atoms with van der Waals surface area (Å²) in [5.74, 6) is 0. The molecule has 1 rings (SSSR count). The molecule has 15 heavy (non-hydrogen) atoms. The summed E-state index contributed by atoms with van der Waals surface area (Å²) in [7, 11) is 1.77. The number of methoxy groups -OCH3 is 1. The Bertz CT molecular complexity index is 168. The highest BCUT2D eigenvalue weighted by atomic mass is 16.5. The van der Waals surface area contributed by atoms with Gasteiger partial charge in [-0.1, -0.05) is 20.3 Å². The summed E-state index contributed by atoms with van der Waals surface area (Å²) >= 11 is 0. The Morgan fingerprint density at radius 2 is 2.13 bits per heavy atom. The molecule has 0 bridgehead atoms. The molecule has 0 saturated heterocycles. The van der Waals surface area contributed by atoms with E-state index in [0.717, 1.165) is 19.2 Å². The van der Waals surface area contributed by atoms with Crippen LogP contribution < -0.4 is 5.32 Å². The molecule has 0 aromatic carbocycles. The molecule has 90 valence electrons. The van der Waals surface area contributed by atoms with Gasteiger partial charge in [0, 0.05) is 19.8 Å². The molecule has 0 heterocycles. The topological polar surface area (TPSA) is 21.3 Å². The zero-order valence-electron chi connectivity index (χ0n) is 10.6. The number of ether oxygens (including phenoxy) is 1. The van der Waals surface area contributed by atoms with Crippen molar-refractivity contribution in [2.45, 2.75) is 58.4 Å². The number of hydrogen-bond donors (Lipinski definition) is 1. The van der Waals surface area contributed by atoms with Crippen LogP contribution in [0.25, 0.3) is 0 Å². The summed E-state index contributed by atoms with van der Waals surface area (Å²) in [6, 6.07) is 0.760. The van der Waals surface area contributed by atoms with Gasteiger partial charge in [-0.2, -0.15) is 0 Å². The van der Waals surface area contributed by atoms with Crippen LogP contribution >= 0.6 is 0 Å². The highest BCUT2D eigenvalue weighted by Crippen LogP contribution is 2.34. The Labute approximate surface area is 94.8 Å². The van der Waals surface area contributed by atoms with Gasteiger partial charge in [-0.3, -0.25) is 0 Å². The molecule has 0 spiro atoms. The molecule has 1 aliphatic rings. The minimum atomic E-state index is 0.558. The highest BCUT2D eigenvalue weighted by Gasteiger charge is 2.27. The van der Waals surface area contributed by atoms with Gasteiger partial charge >= 0.3 is 0 Å². The summed E-state index contributed by atoms with van der Waals surface area (Å²) in [6.45, 7) is 6.85. The fourth-order valence-corrected chi connectivity index (χ4v) is 2.55. The van der Waals surface area contributed by atoms with Crippen molar-refractivity contribution in [3.05, 3.63) is 0 Å². The fourth-order valence-electron chi connectivity index (χ4n) is 2.55. The van der Waals surface area contributed by atoms with Crippen molar-refractivity contribution in [1.29, 1.82) is 0 Å². The molecule has 1 aliphatic carbocycles. The minimum Gasteiger partial charge on any atom is -0.385 e. The van der Waals surface area contributed by atoms with E-state index in [1.54, 1.807) is 7.11 Å². The molecule has 0 amide bonds. The van der Waals surface area contributed by atoms with Gasteiger partial charge in [0.2, 0.25) is 0 Å². The number of rotatable bonds is 6. The molecule has 0 aliphatic heterocycles. The van der Waals surface area contributed by atoms with Gasteiger partial charge < -0.3 is 10.1 Å². The first-order valence-electron chi connectivity index (χ1n) is 6.36. The zero-order valence-corrected chi connectivity index (χ0v) is 10.6. The van der Waals surface area contributed by atoms with Crippen molar-refractivity contribution >= 4 is 0 Å². The molecule has 0 radical (unpaired) electrons. The number of nitrogens with one attached hydrogen (secondary N) is 1. The van der Waals surface area contributed by atoms with Gasteiger partial charge in [0.1, 0.15) is 0 Å². The summed E-state index contributed by atoms with van der Waals surface area (Å²) in [4.78, 5) is 0. The average Bonchev–Trinajstić information content (AvgIpc) is 2.16. The molecule has 2 heteroatoms. The maximum Gasteiger partial charge on any atom is 0.0462 e. The standard InChI is InChI=1S/C13H27NO/c1-13(2)8-6-7-12(11-13)14-9-4-5-10-15-3/h12,14H,4-11H2,1-3H3. The van der Waals surface area contributed by atoms with Gasteiger partial charge in [0.25, 0.3) is 0 Å². The number of hydrogen-bond acceptors (Lipinski definition) is 2. The molecule has 1 atom stereocenters. The highest BCUT2D eigenvalue weighted by molar-refractivity contribution is 4.83. The second kappa shape index (κ2) is 6.49. The first-order valence-corrected chi connectivity index (χ1v) is 6.36. The van der Waals surface area contributed by atoms with Gasteiger partial charge in [-0.15, -0.1) is 0 Å². The Morgan fingerprint density at radius 3 is 2.80 bits per heavy atom. The van der Waals surface area contributed by atoms with Crippen LogP contribution in [0.2, 0.25) is 0 Å². The lowest BCUT2D eigenvalue weighted by Gasteiger charge is -2.35. The SMILES string of the molecule is COCCCCNC1CCCC(C)(C)C1. The smallest absolute Gasteiger partial charge is 0.0462 e. The molecule has 0 aromatic heterocycles. The van der Waals surface area contributed by atoms with E-state index in [9.17, 15) is 0 Å². The lowest BCUT2D eigenvalue weighted by molar-refractivity contribution is 0.184. The Hall–Kier alpha value is -0.0800. The van der Waals surface area contributed by atoms with E-state index in [1.807, 2.05) is 0 Å². The Morgan fingerprint density at radius 1 is 1.33 bits per heavy atom. The van der Waals surface area contributed by atoms with Crippen molar-refractivity contribution in [2.75, 3.05) is 20.3 Å². The normalized spacial score (nSPS) is 25.4. The summed E-state index contributed by atoms with van der Waals surface area (Å²) in [5.41, 5.74) is 0.558.